The molecule has 0 saturated carbocycles. The Morgan fingerprint density at radius 2 is 1.16 bits per heavy atom. The third-order valence-corrected chi connectivity index (χ3v) is 6.68. The number of halogens is 6. The molecule has 2 heterocycles. The lowest BCUT2D eigenvalue weighted by Crippen LogP contribution is -2.34. The van der Waals surface area contributed by atoms with Gasteiger partial charge in [-0.1, -0.05) is 72.8 Å². The predicted octanol–water partition coefficient (Wildman–Crippen LogP) is 7.84. The number of rotatable bonds is 8. The van der Waals surface area contributed by atoms with Gasteiger partial charge in [0, 0.05) is 28.7 Å². The fourth-order valence-corrected chi connectivity index (χ4v) is 4.54. The number of benzene rings is 3. The zero-order chi connectivity index (χ0) is 31.3. The highest BCUT2D eigenvalue weighted by atomic mass is 19.4. The number of ether oxygens (including phenoxy) is 1. The minimum absolute atomic E-state index is 0.0607. The number of hydrogen-bond acceptors (Lipinski definition) is 7. The fourth-order valence-electron chi connectivity index (χ4n) is 4.54. The molecule has 0 aromatic heterocycles. The number of carbonyl (C=O) groups is 1. The summed E-state index contributed by atoms with van der Waals surface area (Å²) in [6.45, 7) is 4.89. The van der Waals surface area contributed by atoms with Crippen molar-refractivity contribution in [2.45, 2.75) is 62.5 Å². The van der Waals surface area contributed by atoms with E-state index < -0.39 is 58.8 Å². The summed E-state index contributed by atoms with van der Waals surface area (Å²) < 4.78 is 89.4. The largest absolute Gasteiger partial charge is 0.458 e. The van der Waals surface area contributed by atoms with E-state index in [1.807, 2.05) is 0 Å². The van der Waals surface area contributed by atoms with E-state index in [1.165, 1.54) is 0 Å². The van der Waals surface area contributed by atoms with Crippen molar-refractivity contribution < 1.29 is 35.9 Å². The number of esters is 1. The van der Waals surface area contributed by atoms with Crippen LogP contribution in [0.5, 0.6) is 0 Å². The van der Waals surface area contributed by atoms with Crippen molar-refractivity contribution in [1.82, 2.24) is 0 Å². The maximum absolute atomic E-state index is 14.0. The van der Waals surface area contributed by atoms with E-state index in [-0.39, 0.29) is 5.56 Å². The molecule has 0 amide bonds. The third-order valence-electron chi connectivity index (χ3n) is 6.68. The SMILES string of the molecule is CC(C)(C)OC(=O)[C@H](Cc1cc(C2(C(F)(F)F)N=N2)cc(C2(C(F)(F)F)N=N2)c1)N=C(c1ccccc1)c1ccccc1. The van der Waals surface area contributed by atoms with E-state index in [0.29, 0.717) is 22.9 Å². The van der Waals surface area contributed by atoms with Crippen molar-refractivity contribution in [2.24, 2.45) is 25.4 Å². The molecule has 0 unspecified atom stereocenters. The first-order valence-corrected chi connectivity index (χ1v) is 13.1. The van der Waals surface area contributed by atoms with Crippen molar-refractivity contribution in [2.75, 3.05) is 0 Å². The number of aliphatic imine (C=N–C) groups is 1. The lowest BCUT2D eigenvalue weighted by atomic mass is 9.90. The Hall–Kier alpha value is -4.42. The Kier molecular flexibility index (Phi) is 7.26. The van der Waals surface area contributed by atoms with Crippen LogP contribution >= 0.6 is 0 Å². The quantitative estimate of drug-likeness (QED) is 0.150. The summed E-state index contributed by atoms with van der Waals surface area (Å²) in [5, 5.41) is 12.6. The Bertz CT molecular complexity index is 1500. The van der Waals surface area contributed by atoms with E-state index in [4.69, 9.17) is 9.73 Å². The van der Waals surface area contributed by atoms with E-state index in [0.717, 1.165) is 12.1 Å². The Labute approximate surface area is 242 Å². The number of hydrogen-bond donors (Lipinski definition) is 0. The molecule has 3 aromatic carbocycles. The summed E-state index contributed by atoms with van der Waals surface area (Å²) in [7, 11) is 0. The first kappa shape index (κ1) is 30.1. The summed E-state index contributed by atoms with van der Waals surface area (Å²) >= 11 is 0. The van der Waals surface area contributed by atoms with Crippen molar-refractivity contribution in [3.8, 4) is 0 Å². The van der Waals surface area contributed by atoms with Crippen LogP contribution < -0.4 is 0 Å². The summed E-state index contributed by atoms with van der Waals surface area (Å²) in [5.74, 6) is -0.818. The summed E-state index contributed by atoms with van der Waals surface area (Å²) in [4.78, 5) is 18.2. The zero-order valence-corrected chi connectivity index (χ0v) is 23.1. The second kappa shape index (κ2) is 10.4. The van der Waals surface area contributed by atoms with Crippen LogP contribution in [0, 0.1) is 0 Å². The molecular formula is C30H25F6N5O2. The molecule has 3 aromatic rings. The van der Waals surface area contributed by atoms with Crippen LogP contribution in [0.25, 0.3) is 0 Å². The summed E-state index contributed by atoms with van der Waals surface area (Å²) in [6.07, 6.45) is -10.4. The first-order chi connectivity index (χ1) is 20.0. The van der Waals surface area contributed by atoms with Gasteiger partial charge in [-0.25, -0.2) is 4.79 Å². The molecule has 0 saturated heterocycles. The molecule has 5 rings (SSSR count). The molecule has 0 spiro atoms. The molecule has 43 heavy (non-hydrogen) atoms. The van der Waals surface area contributed by atoms with Gasteiger partial charge in [0.1, 0.15) is 5.60 Å². The van der Waals surface area contributed by atoms with Gasteiger partial charge in [-0.15, -0.1) is 20.5 Å². The van der Waals surface area contributed by atoms with Gasteiger partial charge in [0.15, 0.2) is 6.04 Å². The van der Waals surface area contributed by atoms with Gasteiger partial charge in [0.25, 0.3) is 0 Å². The van der Waals surface area contributed by atoms with Gasteiger partial charge in [-0.2, -0.15) is 26.3 Å². The highest BCUT2D eigenvalue weighted by molar-refractivity contribution is 6.13. The number of alkyl halides is 6. The van der Waals surface area contributed by atoms with Gasteiger partial charge in [0.2, 0.25) is 0 Å². The van der Waals surface area contributed by atoms with Crippen LogP contribution in [0.4, 0.5) is 26.3 Å². The monoisotopic (exact) mass is 601 g/mol. The zero-order valence-electron chi connectivity index (χ0n) is 23.1. The van der Waals surface area contributed by atoms with E-state index in [2.05, 4.69) is 20.5 Å². The Morgan fingerprint density at radius 3 is 1.51 bits per heavy atom. The van der Waals surface area contributed by atoms with Crippen molar-refractivity contribution >= 4 is 11.7 Å². The summed E-state index contributed by atoms with van der Waals surface area (Å²) in [5.41, 5.74) is -6.72. The number of nitrogens with zero attached hydrogens (tertiary/aromatic N) is 5. The average molecular weight is 602 g/mol. The lowest BCUT2D eigenvalue weighted by Gasteiger charge is -2.24. The van der Waals surface area contributed by atoms with Crippen LogP contribution in [-0.4, -0.2) is 35.7 Å². The first-order valence-electron chi connectivity index (χ1n) is 13.1. The maximum Gasteiger partial charge on any atom is 0.442 e. The molecule has 0 radical (unpaired) electrons. The molecule has 0 bridgehead atoms. The molecule has 2 aliphatic rings. The topological polar surface area (TPSA) is 88.1 Å². The second-order valence-corrected chi connectivity index (χ2v) is 11.1. The van der Waals surface area contributed by atoms with Gasteiger partial charge in [0.05, 0.1) is 5.71 Å². The van der Waals surface area contributed by atoms with Crippen LogP contribution in [-0.2, 0) is 27.3 Å². The third kappa shape index (κ3) is 6.06. The average Bonchev–Trinajstić information content (AvgIpc) is 3.84. The molecule has 0 fully saturated rings. The van der Waals surface area contributed by atoms with Gasteiger partial charge < -0.3 is 4.74 Å². The standard InChI is InChI=1S/C30H25F6N5O2/c1-26(2,3)43-25(42)23(37-24(19-10-6-4-7-11-19)20-12-8-5-9-13-20)16-18-14-21(27(38-39-27)29(31,32)33)17-22(15-18)28(40-41-28)30(34,35)36/h4-15,17,23H,16H2,1-3H3/t23-/m0/s1. The van der Waals surface area contributed by atoms with E-state index in [9.17, 15) is 31.1 Å². The fraction of sp³-hybridized carbons (Fsp3) is 0.333. The van der Waals surface area contributed by atoms with Gasteiger partial charge >= 0.3 is 29.6 Å². The summed E-state index contributed by atoms with van der Waals surface area (Å²) in [6, 6.07) is 19.1. The molecule has 7 nitrogen and oxygen atoms in total. The minimum Gasteiger partial charge on any atom is -0.458 e. The van der Waals surface area contributed by atoms with Crippen LogP contribution in [0.3, 0.4) is 0 Å². The predicted molar refractivity (Wildman–Crippen MR) is 143 cm³/mol. The minimum atomic E-state index is -5.01. The van der Waals surface area contributed by atoms with Crippen molar-refractivity contribution in [3.63, 3.8) is 0 Å². The van der Waals surface area contributed by atoms with Crippen LogP contribution in [0.1, 0.15) is 48.6 Å². The smallest absolute Gasteiger partial charge is 0.442 e. The van der Waals surface area contributed by atoms with Crippen molar-refractivity contribution in [3.05, 3.63) is 107 Å². The highest BCUT2D eigenvalue weighted by Crippen LogP contribution is 2.56. The maximum atomic E-state index is 14.0. The number of carbonyl (C=O) groups excluding carboxylic acids is 1. The Morgan fingerprint density at radius 1 is 0.744 bits per heavy atom. The van der Waals surface area contributed by atoms with Crippen LogP contribution in [0.15, 0.2) is 104 Å². The molecule has 13 heteroatoms. The van der Waals surface area contributed by atoms with Crippen molar-refractivity contribution in [1.29, 1.82) is 0 Å². The molecule has 2 aliphatic heterocycles. The van der Waals surface area contributed by atoms with Crippen LogP contribution in [0.2, 0.25) is 0 Å². The van der Waals surface area contributed by atoms with E-state index >= 15 is 0 Å². The molecule has 224 valence electrons. The lowest BCUT2D eigenvalue weighted by molar-refractivity contribution is -0.167. The molecule has 1 atom stereocenters. The Balaban J connectivity index is 1.65. The van der Waals surface area contributed by atoms with E-state index in [1.54, 1.807) is 81.4 Å². The van der Waals surface area contributed by atoms with Gasteiger partial charge in [-0.05, 0) is 32.4 Å². The highest BCUT2D eigenvalue weighted by Gasteiger charge is 2.68. The van der Waals surface area contributed by atoms with Gasteiger partial charge in [-0.3, -0.25) is 4.99 Å². The second-order valence-electron chi connectivity index (χ2n) is 11.1. The molecular weight excluding hydrogens is 576 g/mol. The molecule has 0 aliphatic carbocycles. The molecule has 0 N–H and O–H groups in total. The normalized spacial score (nSPS) is 17.2.